The summed E-state index contributed by atoms with van der Waals surface area (Å²) in [7, 11) is 1.71. The molecule has 1 aromatic carbocycles. The van der Waals surface area contributed by atoms with Crippen molar-refractivity contribution in [3.63, 3.8) is 0 Å². The topological polar surface area (TPSA) is 85.8 Å². The fourth-order valence-corrected chi connectivity index (χ4v) is 1.40. The molecule has 6 nitrogen and oxygen atoms in total. The van der Waals surface area contributed by atoms with Crippen molar-refractivity contribution in [3.05, 3.63) is 36.2 Å². The van der Waals surface area contributed by atoms with E-state index in [0.717, 1.165) is 5.56 Å². The Hall–Kier alpha value is -2.37. The molecule has 1 heterocycles. The first-order valence-corrected chi connectivity index (χ1v) is 5.13. The fourth-order valence-electron chi connectivity index (χ4n) is 1.40. The van der Waals surface area contributed by atoms with Gasteiger partial charge in [0.15, 0.2) is 0 Å². The molecule has 88 valence electrons. The Balaban J connectivity index is 1.98. The average Bonchev–Trinajstić information content (AvgIpc) is 2.68. The number of carbonyl (C=O) groups excluding carboxylic acids is 1. The number of nitrogens with one attached hydrogen (secondary N) is 1. The smallest absolute Gasteiger partial charge is 0.231 e. The van der Waals surface area contributed by atoms with Gasteiger partial charge in [-0.05, 0) is 17.7 Å². The number of nitrogen functional groups attached to an aromatic ring is 1. The molecule has 0 spiro atoms. The summed E-state index contributed by atoms with van der Waals surface area (Å²) in [5, 5.41) is 6.54. The number of aromatic nitrogens is 3. The van der Waals surface area contributed by atoms with E-state index in [2.05, 4.69) is 15.4 Å². The van der Waals surface area contributed by atoms with Gasteiger partial charge in [0.2, 0.25) is 11.9 Å². The van der Waals surface area contributed by atoms with Crippen LogP contribution >= 0.6 is 0 Å². The summed E-state index contributed by atoms with van der Waals surface area (Å²) in [5.41, 5.74) is 7.15. The van der Waals surface area contributed by atoms with Crippen LogP contribution in [0.2, 0.25) is 0 Å². The second kappa shape index (κ2) is 4.65. The van der Waals surface area contributed by atoms with E-state index in [1.54, 1.807) is 19.2 Å². The highest BCUT2D eigenvalue weighted by atomic mass is 16.1. The zero-order valence-corrected chi connectivity index (χ0v) is 9.42. The highest BCUT2D eigenvalue weighted by Gasteiger charge is 2.07. The van der Waals surface area contributed by atoms with E-state index in [1.807, 2.05) is 12.1 Å². The maximum atomic E-state index is 11.7. The van der Waals surface area contributed by atoms with Crippen molar-refractivity contribution in [2.45, 2.75) is 6.42 Å². The monoisotopic (exact) mass is 231 g/mol. The van der Waals surface area contributed by atoms with Gasteiger partial charge in [-0.25, -0.2) is 4.68 Å². The summed E-state index contributed by atoms with van der Waals surface area (Å²) in [6.45, 7) is 0. The number of hydrogen-bond donors (Lipinski definition) is 2. The Labute approximate surface area is 98.5 Å². The molecular weight excluding hydrogens is 218 g/mol. The zero-order valence-electron chi connectivity index (χ0n) is 9.42. The van der Waals surface area contributed by atoms with Crippen molar-refractivity contribution in [2.75, 3.05) is 11.1 Å². The predicted octanol–water partition coefficient (Wildman–Crippen LogP) is 0.578. The van der Waals surface area contributed by atoms with Gasteiger partial charge >= 0.3 is 0 Å². The third-order valence-corrected chi connectivity index (χ3v) is 2.31. The van der Waals surface area contributed by atoms with Crippen LogP contribution in [0.3, 0.4) is 0 Å². The van der Waals surface area contributed by atoms with Crippen molar-refractivity contribution in [2.24, 2.45) is 7.05 Å². The first kappa shape index (κ1) is 11.1. The number of nitrogens with two attached hydrogens (primary N) is 1. The molecule has 2 aromatic rings. The first-order valence-electron chi connectivity index (χ1n) is 5.13. The summed E-state index contributed by atoms with van der Waals surface area (Å²) in [6, 6.07) is 7.19. The van der Waals surface area contributed by atoms with E-state index < -0.39 is 0 Å². The highest BCUT2D eigenvalue weighted by molar-refractivity contribution is 5.90. The molecule has 1 amide bonds. The minimum Gasteiger partial charge on any atom is -0.399 e. The number of nitrogens with zero attached hydrogens (tertiary/aromatic N) is 3. The summed E-state index contributed by atoms with van der Waals surface area (Å²) in [5.74, 6) is 0.302. The Bertz CT molecular complexity index is 517. The lowest BCUT2D eigenvalue weighted by molar-refractivity contribution is -0.115. The largest absolute Gasteiger partial charge is 0.399 e. The van der Waals surface area contributed by atoms with Crippen molar-refractivity contribution in [1.82, 2.24) is 14.8 Å². The second-order valence-electron chi connectivity index (χ2n) is 3.67. The average molecular weight is 231 g/mol. The van der Waals surface area contributed by atoms with Crippen LogP contribution in [0.15, 0.2) is 30.6 Å². The van der Waals surface area contributed by atoms with Gasteiger partial charge in [-0.15, -0.1) is 0 Å². The number of hydrogen-bond acceptors (Lipinski definition) is 4. The van der Waals surface area contributed by atoms with Crippen molar-refractivity contribution >= 4 is 17.5 Å². The molecule has 6 heteroatoms. The van der Waals surface area contributed by atoms with Crippen LogP contribution in [0.5, 0.6) is 0 Å². The molecule has 0 unspecified atom stereocenters. The molecule has 0 radical (unpaired) electrons. The maximum Gasteiger partial charge on any atom is 0.231 e. The van der Waals surface area contributed by atoms with E-state index in [1.165, 1.54) is 11.0 Å². The lowest BCUT2D eigenvalue weighted by Gasteiger charge is -2.04. The van der Waals surface area contributed by atoms with Gasteiger partial charge in [0, 0.05) is 12.7 Å². The van der Waals surface area contributed by atoms with Crippen molar-refractivity contribution in [1.29, 1.82) is 0 Å². The molecule has 0 bridgehead atoms. The standard InChI is InChI=1S/C11H13N5O/c1-16-11(13-7-14-16)15-10(17)6-8-2-4-9(12)5-3-8/h2-5,7H,6,12H2,1H3,(H,13,14,15,17). The van der Waals surface area contributed by atoms with Gasteiger partial charge in [0.05, 0.1) is 6.42 Å². The normalized spacial score (nSPS) is 10.2. The number of carbonyl (C=O) groups is 1. The minimum absolute atomic E-state index is 0.133. The van der Waals surface area contributed by atoms with E-state index >= 15 is 0 Å². The Morgan fingerprint density at radius 3 is 2.71 bits per heavy atom. The SMILES string of the molecule is Cn1ncnc1NC(=O)Cc1ccc(N)cc1. The molecule has 0 aliphatic carbocycles. The van der Waals surface area contributed by atoms with Crippen LogP contribution in [0, 0.1) is 0 Å². The first-order chi connectivity index (χ1) is 8.15. The van der Waals surface area contributed by atoms with Crippen LogP contribution in [0.25, 0.3) is 0 Å². The van der Waals surface area contributed by atoms with Crippen LogP contribution < -0.4 is 11.1 Å². The number of aryl methyl sites for hydroxylation is 1. The fraction of sp³-hybridized carbons (Fsp3) is 0.182. The quantitative estimate of drug-likeness (QED) is 0.756. The molecular formula is C11H13N5O. The summed E-state index contributed by atoms with van der Waals surface area (Å²) >= 11 is 0. The van der Waals surface area contributed by atoms with Gasteiger partial charge in [-0.1, -0.05) is 12.1 Å². The van der Waals surface area contributed by atoms with Gasteiger partial charge in [0.25, 0.3) is 0 Å². The molecule has 0 aliphatic rings. The molecule has 0 saturated carbocycles. The van der Waals surface area contributed by atoms with Gasteiger partial charge < -0.3 is 5.73 Å². The number of anilines is 2. The molecule has 0 aliphatic heterocycles. The van der Waals surface area contributed by atoms with Gasteiger partial charge in [-0.3, -0.25) is 10.1 Å². The number of benzene rings is 1. The van der Waals surface area contributed by atoms with Gasteiger partial charge in [0.1, 0.15) is 6.33 Å². The van der Waals surface area contributed by atoms with Crippen LogP contribution in [-0.4, -0.2) is 20.7 Å². The predicted molar refractivity (Wildman–Crippen MR) is 64.2 cm³/mol. The second-order valence-corrected chi connectivity index (χ2v) is 3.67. The number of amides is 1. The lowest BCUT2D eigenvalue weighted by Crippen LogP contribution is -2.17. The van der Waals surface area contributed by atoms with E-state index in [9.17, 15) is 4.79 Å². The zero-order chi connectivity index (χ0) is 12.3. The molecule has 3 N–H and O–H groups in total. The molecule has 0 saturated heterocycles. The Morgan fingerprint density at radius 1 is 1.41 bits per heavy atom. The minimum atomic E-state index is -0.133. The molecule has 17 heavy (non-hydrogen) atoms. The Kier molecular flexibility index (Phi) is 3.04. The van der Waals surface area contributed by atoms with E-state index in [-0.39, 0.29) is 12.3 Å². The Morgan fingerprint density at radius 2 is 2.12 bits per heavy atom. The summed E-state index contributed by atoms with van der Waals surface area (Å²) in [6.07, 6.45) is 1.67. The third kappa shape index (κ3) is 2.81. The maximum absolute atomic E-state index is 11.7. The lowest BCUT2D eigenvalue weighted by atomic mass is 10.1. The molecule has 0 fully saturated rings. The highest BCUT2D eigenvalue weighted by Crippen LogP contribution is 2.07. The molecule has 2 rings (SSSR count). The van der Waals surface area contributed by atoms with Crippen LogP contribution in [-0.2, 0) is 18.3 Å². The summed E-state index contributed by atoms with van der Waals surface area (Å²) in [4.78, 5) is 15.6. The van der Waals surface area contributed by atoms with E-state index in [4.69, 9.17) is 5.73 Å². The number of rotatable bonds is 3. The third-order valence-electron chi connectivity index (χ3n) is 2.31. The molecule has 1 aromatic heterocycles. The van der Waals surface area contributed by atoms with Crippen LogP contribution in [0.1, 0.15) is 5.56 Å². The van der Waals surface area contributed by atoms with Crippen molar-refractivity contribution < 1.29 is 4.79 Å². The van der Waals surface area contributed by atoms with Gasteiger partial charge in [-0.2, -0.15) is 10.1 Å². The summed E-state index contributed by atoms with van der Waals surface area (Å²) < 4.78 is 1.50. The molecule has 0 atom stereocenters. The van der Waals surface area contributed by atoms with Crippen molar-refractivity contribution in [3.8, 4) is 0 Å². The van der Waals surface area contributed by atoms with E-state index in [0.29, 0.717) is 11.6 Å². The van der Waals surface area contributed by atoms with Crippen LogP contribution in [0.4, 0.5) is 11.6 Å².